The Morgan fingerprint density at radius 1 is 1.00 bits per heavy atom. The zero-order valence-corrected chi connectivity index (χ0v) is 12.6. The number of hydrogen-bond donors (Lipinski definition) is 1. The third-order valence-electron chi connectivity index (χ3n) is 3.83. The van der Waals surface area contributed by atoms with Crippen LogP contribution in [0.15, 0.2) is 42.5 Å². The average molecular weight is 270 g/mol. The molecule has 0 saturated heterocycles. The van der Waals surface area contributed by atoms with E-state index in [0.717, 1.165) is 16.9 Å². The maximum atomic E-state index is 10.7. The normalized spacial score (nSPS) is 13.8. The van der Waals surface area contributed by atoms with Gasteiger partial charge in [0.1, 0.15) is 5.75 Å². The van der Waals surface area contributed by atoms with Gasteiger partial charge in [-0.2, -0.15) is 0 Å². The quantitative estimate of drug-likeness (QED) is 0.916. The zero-order valence-electron chi connectivity index (χ0n) is 12.6. The van der Waals surface area contributed by atoms with E-state index in [4.69, 9.17) is 4.74 Å². The van der Waals surface area contributed by atoms with Crippen LogP contribution in [-0.4, -0.2) is 12.2 Å². The van der Waals surface area contributed by atoms with Crippen LogP contribution < -0.4 is 4.74 Å². The highest BCUT2D eigenvalue weighted by Crippen LogP contribution is 2.27. The first kappa shape index (κ1) is 14.6. The SMILES string of the molecule is COc1ccc(C(C)(O)Cc2ccc(C)c(C)c2)cc1. The molecule has 0 aliphatic carbocycles. The number of aryl methyl sites for hydroxylation is 2. The molecule has 1 N–H and O–H groups in total. The van der Waals surface area contributed by atoms with Gasteiger partial charge in [0, 0.05) is 6.42 Å². The molecule has 2 aromatic carbocycles. The van der Waals surface area contributed by atoms with Crippen LogP contribution in [0.2, 0.25) is 0 Å². The monoisotopic (exact) mass is 270 g/mol. The van der Waals surface area contributed by atoms with E-state index in [1.54, 1.807) is 7.11 Å². The van der Waals surface area contributed by atoms with Gasteiger partial charge in [-0.05, 0) is 55.2 Å². The zero-order chi connectivity index (χ0) is 14.8. The van der Waals surface area contributed by atoms with Crippen LogP contribution in [0.4, 0.5) is 0 Å². The molecule has 2 rings (SSSR count). The van der Waals surface area contributed by atoms with Crippen LogP contribution in [0.1, 0.15) is 29.2 Å². The molecule has 0 spiro atoms. The molecule has 0 aliphatic heterocycles. The fourth-order valence-electron chi connectivity index (χ4n) is 2.36. The van der Waals surface area contributed by atoms with E-state index < -0.39 is 5.60 Å². The number of benzene rings is 2. The molecule has 0 fully saturated rings. The molecule has 2 nitrogen and oxygen atoms in total. The summed E-state index contributed by atoms with van der Waals surface area (Å²) >= 11 is 0. The third-order valence-corrected chi connectivity index (χ3v) is 3.83. The highest BCUT2D eigenvalue weighted by atomic mass is 16.5. The summed E-state index contributed by atoms with van der Waals surface area (Å²) < 4.78 is 5.15. The molecule has 2 aromatic rings. The van der Waals surface area contributed by atoms with E-state index >= 15 is 0 Å². The lowest BCUT2D eigenvalue weighted by atomic mass is 9.88. The minimum absolute atomic E-state index is 0.598. The fraction of sp³-hybridized carbons (Fsp3) is 0.333. The van der Waals surface area contributed by atoms with E-state index in [9.17, 15) is 5.11 Å². The Morgan fingerprint density at radius 2 is 1.65 bits per heavy atom. The average Bonchev–Trinajstić information content (AvgIpc) is 2.43. The van der Waals surface area contributed by atoms with Crippen molar-refractivity contribution in [1.82, 2.24) is 0 Å². The van der Waals surface area contributed by atoms with Gasteiger partial charge in [-0.25, -0.2) is 0 Å². The Labute approximate surface area is 121 Å². The highest BCUT2D eigenvalue weighted by molar-refractivity contribution is 5.34. The Balaban J connectivity index is 2.22. The summed E-state index contributed by atoms with van der Waals surface area (Å²) in [4.78, 5) is 0. The summed E-state index contributed by atoms with van der Waals surface area (Å²) in [6.45, 7) is 6.05. The largest absolute Gasteiger partial charge is 0.497 e. The van der Waals surface area contributed by atoms with Crippen LogP contribution in [-0.2, 0) is 12.0 Å². The first-order chi connectivity index (χ1) is 9.42. The summed E-state index contributed by atoms with van der Waals surface area (Å²) in [7, 11) is 1.64. The van der Waals surface area contributed by atoms with E-state index in [2.05, 4.69) is 32.0 Å². The molecule has 0 radical (unpaired) electrons. The van der Waals surface area contributed by atoms with Crippen LogP contribution in [0.25, 0.3) is 0 Å². The van der Waals surface area contributed by atoms with Crippen molar-refractivity contribution in [3.05, 3.63) is 64.7 Å². The second kappa shape index (κ2) is 5.68. The van der Waals surface area contributed by atoms with Crippen LogP contribution in [0, 0.1) is 13.8 Å². The van der Waals surface area contributed by atoms with Crippen LogP contribution in [0.5, 0.6) is 5.75 Å². The first-order valence-electron chi connectivity index (χ1n) is 6.85. The van der Waals surface area contributed by atoms with Gasteiger partial charge >= 0.3 is 0 Å². The Bertz CT molecular complexity index is 583. The number of rotatable bonds is 4. The van der Waals surface area contributed by atoms with E-state index in [0.29, 0.717) is 6.42 Å². The molecule has 2 heteroatoms. The Morgan fingerprint density at radius 3 is 2.20 bits per heavy atom. The second-order valence-corrected chi connectivity index (χ2v) is 5.60. The molecule has 0 aliphatic rings. The maximum absolute atomic E-state index is 10.7. The summed E-state index contributed by atoms with van der Waals surface area (Å²) in [6, 6.07) is 13.9. The number of aliphatic hydroxyl groups is 1. The topological polar surface area (TPSA) is 29.5 Å². The van der Waals surface area contributed by atoms with Crippen molar-refractivity contribution in [1.29, 1.82) is 0 Å². The molecule has 0 bridgehead atoms. The molecule has 20 heavy (non-hydrogen) atoms. The van der Waals surface area contributed by atoms with Crippen molar-refractivity contribution in [2.24, 2.45) is 0 Å². The standard InChI is InChI=1S/C18H22O2/c1-13-5-6-15(11-14(13)2)12-18(3,19)16-7-9-17(20-4)10-8-16/h5-11,19H,12H2,1-4H3. The summed E-state index contributed by atoms with van der Waals surface area (Å²) in [5.74, 6) is 0.802. The molecule has 0 aromatic heterocycles. The molecule has 0 heterocycles. The lowest BCUT2D eigenvalue weighted by Crippen LogP contribution is -2.24. The Hall–Kier alpha value is -1.80. The number of ether oxygens (including phenoxy) is 1. The first-order valence-corrected chi connectivity index (χ1v) is 6.85. The fourth-order valence-corrected chi connectivity index (χ4v) is 2.36. The van der Waals surface area contributed by atoms with Gasteiger partial charge in [-0.15, -0.1) is 0 Å². The van der Waals surface area contributed by atoms with Gasteiger partial charge < -0.3 is 9.84 Å². The van der Waals surface area contributed by atoms with Crippen molar-refractivity contribution in [3.63, 3.8) is 0 Å². The molecular weight excluding hydrogens is 248 g/mol. The lowest BCUT2D eigenvalue weighted by molar-refractivity contribution is 0.0576. The molecule has 1 atom stereocenters. The van der Waals surface area contributed by atoms with Gasteiger partial charge in [0.05, 0.1) is 12.7 Å². The predicted octanol–water partition coefficient (Wildman–Crippen LogP) is 3.76. The number of methoxy groups -OCH3 is 1. The van der Waals surface area contributed by atoms with Gasteiger partial charge in [-0.1, -0.05) is 30.3 Å². The molecule has 1 unspecified atom stereocenters. The molecular formula is C18H22O2. The van der Waals surface area contributed by atoms with Crippen molar-refractivity contribution >= 4 is 0 Å². The minimum atomic E-state index is -0.881. The number of hydrogen-bond acceptors (Lipinski definition) is 2. The molecule has 0 saturated carbocycles. The van der Waals surface area contributed by atoms with E-state index in [1.807, 2.05) is 31.2 Å². The minimum Gasteiger partial charge on any atom is -0.497 e. The second-order valence-electron chi connectivity index (χ2n) is 5.60. The van der Waals surface area contributed by atoms with Crippen molar-refractivity contribution in [2.75, 3.05) is 7.11 Å². The van der Waals surface area contributed by atoms with Crippen molar-refractivity contribution < 1.29 is 9.84 Å². The van der Waals surface area contributed by atoms with Crippen molar-refractivity contribution in [2.45, 2.75) is 32.8 Å². The summed E-state index contributed by atoms with van der Waals surface area (Å²) in [6.07, 6.45) is 0.598. The third kappa shape index (κ3) is 3.20. The van der Waals surface area contributed by atoms with Gasteiger partial charge in [-0.3, -0.25) is 0 Å². The molecule has 0 amide bonds. The van der Waals surface area contributed by atoms with Gasteiger partial charge in [0.25, 0.3) is 0 Å². The maximum Gasteiger partial charge on any atom is 0.118 e. The van der Waals surface area contributed by atoms with Crippen molar-refractivity contribution in [3.8, 4) is 5.75 Å². The summed E-state index contributed by atoms with van der Waals surface area (Å²) in [5.41, 5.74) is 3.70. The van der Waals surface area contributed by atoms with Crippen LogP contribution >= 0.6 is 0 Å². The van der Waals surface area contributed by atoms with Crippen LogP contribution in [0.3, 0.4) is 0 Å². The molecule has 106 valence electrons. The van der Waals surface area contributed by atoms with E-state index in [1.165, 1.54) is 11.1 Å². The Kier molecular flexibility index (Phi) is 4.15. The lowest BCUT2D eigenvalue weighted by Gasteiger charge is -2.24. The summed E-state index contributed by atoms with van der Waals surface area (Å²) in [5, 5.41) is 10.7. The van der Waals surface area contributed by atoms with Gasteiger partial charge in [0.15, 0.2) is 0 Å². The smallest absolute Gasteiger partial charge is 0.118 e. The van der Waals surface area contributed by atoms with E-state index in [-0.39, 0.29) is 0 Å². The van der Waals surface area contributed by atoms with Gasteiger partial charge in [0.2, 0.25) is 0 Å². The predicted molar refractivity (Wildman–Crippen MR) is 82.2 cm³/mol. The highest BCUT2D eigenvalue weighted by Gasteiger charge is 2.23.